The second-order valence-electron chi connectivity index (χ2n) is 10.8. The number of ether oxygens (including phenoxy) is 2. The topological polar surface area (TPSA) is 230 Å². The van der Waals surface area contributed by atoms with Gasteiger partial charge in [-0.2, -0.15) is 0 Å². The molecule has 13 nitrogen and oxygen atoms in total. The van der Waals surface area contributed by atoms with E-state index in [1.807, 2.05) is 0 Å². The molecule has 0 unspecified atom stereocenters. The first-order valence-corrected chi connectivity index (χ1v) is 16.4. The van der Waals surface area contributed by atoms with E-state index in [0.29, 0.717) is 21.2 Å². The Morgan fingerprint density at radius 2 is 0.911 bits per heavy atom. The van der Waals surface area contributed by atoms with Crippen molar-refractivity contribution in [3.05, 3.63) is 57.6 Å². The number of halogens is 2. The normalized spacial score (nSPS) is 10.7. The molecule has 45 heavy (non-hydrogen) atoms. The molecule has 0 fully saturated rings. The van der Waals surface area contributed by atoms with Crippen molar-refractivity contribution >= 4 is 89.8 Å². The Kier molecular flexibility index (Phi) is 25.1. The molecule has 2 amide bonds. The van der Waals surface area contributed by atoms with Crippen LogP contribution in [0.1, 0.15) is 52.7 Å². The van der Waals surface area contributed by atoms with Gasteiger partial charge in [-0.05, 0) is 76.9 Å². The van der Waals surface area contributed by atoms with Gasteiger partial charge in [-0.15, -0.1) is 0 Å². The fraction of sp³-hybridized carbons (Fsp3) is 0.462. The van der Waals surface area contributed by atoms with Crippen molar-refractivity contribution in [1.82, 2.24) is 10.6 Å². The second kappa shape index (κ2) is 21.3. The van der Waals surface area contributed by atoms with Crippen molar-refractivity contribution in [2.24, 2.45) is 0 Å². The maximum atomic E-state index is 11.7. The summed E-state index contributed by atoms with van der Waals surface area (Å²) in [6, 6.07) is 9.00. The quantitative estimate of drug-likeness (QED) is 0.402. The van der Waals surface area contributed by atoms with Crippen LogP contribution in [0.2, 0.25) is 10.0 Å². The minimum absolute atomic E-state index is 0. The van der Waals surface area contributed by atoms with Gasteiger partial charge in [0.2, 0.25) is 0 Å². The van der Waals surface area contributed by atoms with Crippen LogP contribution >= 0.6 is 23.2 Å². The van der Waals surface area contributed by atoms with Gasteiger partial charge >= 0.3 is 46.9 Å². The molecule has 0 atom stereocenters. The second-order valence-corrected chi connectivity index (χ2v) is 15.6. The predicted molar refractivity (Wildman–Crippen MR) is 169 cm³/mol. The summed E-state index contributed by atoms with van der Waals surface area (Å²) in [6.07, 6.45) is 0.976. The predicted octanol–water partition coefficient (Wildman–Crippen LogP) is 4.42. The van der Waals surface area contributed by atoms with Crippen molar-refractivity contribution in [2.45, 2.75) is 75.6 Å². The van der Waals surface area contributed by atoms with E-state index in [2.05, 4.69) is 10.6 Å². The molecule has 0 aliphatic heterocycles. The summed E-state index contributed by atoms with van der Waals surface area (Å²) in [5, 5.41) is 5.69. The molecule has 2 N–H and O–H groups in total. The third-order valence-corrected chi connectivity index (χ3v) is 7.33. The minimum atomic E-state index is -3.42. The summed E-state index contributed by atoms with van der Waals surface area (Å²) in [4.78, 5) is 23.3. The number of amides is 2. The Labute approximate surface area is 296 Å². The Bertz CT molecular complexity index is 1340. The molecule has 2 rings (SSSR count). The molecule has 0 radical (unpaired) electrons. The maximum Gasteiger partial charge on any atom is 3.00 e. The van der Waals surface area contributed by atoms with Crippen molar-refractivity contribution in [3.63, 3.8) is 0 Å². The number of hydrogen-bond donors (Lipinski definition) is 2. The van der Waals surface area contributed by atoms with Crippen LogP contribution in [0.25, 0.3) is 0 Å². The van der Waals surface area contributed by atoms with Gasteiger partial charge in [0.1, 0.15) is 11.2 Å². The molecule has 248 valence electrons. The number of sulfone groups is 2. The Morgan fingerprint density at radius 3 is 1.13 bits per heavy atom. The largest absolute Gasteiger partial charge is 3.00 e. The van der Waals surface area contributed by atoms with Gasteiger partial charge in [0.25, 0.3) is 0 Å². The summed E-state index contributed by atoms with van der Waals surface area (Å²) in [6.45, 7) is 10.6. The number of alkyl carbamates (subject to hydrolysis) is 2. The van der Waals surface area contributed by atoms with Gasteiger partial charge in [0.15, 0.2) is 19.7 Å². The van der Waals surface area contributed by atoms with Crippen LogP contribution in [0.3, 0.4) is 0 Å². The molecular formula is C26H36Al2Cl2N2O11S2. The van der Waals surface area contributed by atoms with E-state index in [4.69, 9.17) is 32.7 Å². The Morgan fingerprint density at radius 1 is 0.644 bits per heavy atom. The van der Waals surface area contributed by atoms with Crippen molar-refractivity contribution in [2.75, 3.05) is 12.5 Å². The molecule has 0 aromatic heterocycles. The summed E-state index contributed by atoms with van der Waals surface area (Å²) < 4.78 is 56.9. The summed E-state index contributed by atoms with van der Waals surface area (Å²) in [5.74, 6) is 0. The van der Waals surface area contributed by atoms with Crippen LogP contribution in [0, 0.1) is 0 Å². The van der Waals surface area contributed by atoms with Crippen molar-refractivity contribution < 1.29 is 52.3 Å². The van der Waals surface area contributed by atoms with E-state index >= 15 is 0 Å². The van der Waals surface area contributed by atoms with Crippen LogP contribution in [-0.2, 0) is 58.7 Å². The van der Waals surface area contributed by atoms with E-state index in [1.54, 1.807) is 65.8 Å². The number of nitrogens with one attached hydrogen (secondary N) is 2. The van der Waals surface area contributed by atoms with E-state index in [-0.39, 0.29) is 74.0 Å². The van der Waals surface area contributed by atoms with Crippen LogP contribution in [0.4, 0.5) is 9.59 Å². The van der Waals surface area contributed by atoms with Gasteiger partial charge in [0, 0.05) is 35.6 Å². The maximum absolute atomic E-state index is 11.7. The van der Waals surface area contributed by atoms with Crippen LogP contribution < -0.4 is 10.6 Å². The van der Waals surface area contributed by atoms with Gasteiger partial charge in [-0.1, -0.05) is 35.3 Å². The zero-order chi connectivity index (χ0) is 31.1. The van der Waals surface area contributed by atoms with E-state index in [0.717, 1.165) is 12.5 Å². The minimum Gasteiger partial charge on any atom is -2.00 e. The zero-order valence-corrected chi connectivity index (χ0v) is 31.6. The molecule has 2 aromatic rings. The molecule has 0 bridgehead atoms. The first-order valence-electron chi connectivity index (χ1n) is 11.9. The van der Waals surface area contributed by atoms with E-state index < -0.39 is 43.1 Å². The van der Waals surface area contributed by atoms with Crippen molar-refractivity contribution in [1.29, 1.82) is 0 Å². The first kappa shape index (κ1) is 52.9. The van der Waals surface area contributed by atoms with Gasteiger partial charge in [-0.25, -0.2) is 26.4 Å². The summed E-state index contributed by atoms with van der Waals surface area (Å²) in [7, 11) is -6.83. The third-order valence-electron chi connectivity index (χ3n) is 4.50. The number of carbonyl (C=O) groups is 2. The summed E-state index contributed by atoms with van der Waals surface area (Å²) in [5.41, 5.74) is -0.293. The van der Waals surface area contributed by atoms with Crippen LogP contribution in [0.5, 0.6) is 0 Å². The standard InChI is InChI=1S/2C13H18ClNO4S.2Al.3O/c2*1-13(2,3)19-12(16)15-8-9-5-6-10(14)7-11(9)20(4,17)18;;;;;/h2*5-7H,8H2,1-4H3,(H,15,16);;;;;/q;;2*+3;3*-2. The number of benzene rings is 2. The molecule has 0 saturated carbocycles. The number of rotatable bonds is 6. The monoisotopic (exact) mass is 740 g/mol. The molecule has 19 heteroatoms. The molecule has 0 aliphatic rings. The molecular weight excluding hydrogens is 705 g/mol. The smallest absolute Gasteiger partial charge is 2.00 e. The SMILES string of the molecule is CC(C)(C)OC(=O)NCc1ccc(Cl)cc1S(C)(=O)=O.CC(C)(C)OC(=O)NCc1ccc(Cl)cc1S(C)(=O)=O.[Al+3].[Al+3].[O-2].[O-2].[O-2]. The molecule has 2 aromatic carbocycles. The first-order chi connectivity index (χ1) is 18.0. The molecule has 0 heterocycles. The van der Waals surface area contributed by atoms with E-state index in [9.17, 15) is 26.4 Å². The zero-order valence-electron chi connectivity index (χ0n) is 26.1. The number of carbonyl (C=O) groups excluding carboxylic acids is 2. The van der Waals surface area contributed by atoms with Crippen LogP contribution in [-0.4, -0.2) is 87.5 Å². The molecule has 0 saturated heterocycles. The average molecular weight is 742 g/mol. The fourth-order valence-corrected chi connectivity index (χ4v) is 5.39. The van der Waals surface area contributed by atoms with Gasteiger partial charge in [-0.3, -0.25) is 0 Å². The number of hydrogen-bond acceptors (Lipinski definition) is 8. The molecule has 0 aliphatic carbocycles. The van der Waals surface area contributed by atoms with Gasteiger partial charge < -0.3 is 36.5 Å². The average Bonchev–Trinajstić information content (AvgIpc) is 2.74. The molecule has 0 spiro atoms. The van der Waals surface area contributed by atoms with Crippen molar-refractivity contribution in [3.8, 4) is 0 Å². The van der Waals surface area contributed by atoms with Gasteiger partial charge in [0.05, 0.1) is 9.79 Å². The summed E-state index contributed by atoms with van der Waals surface area (Å²) >= 11 is 11.6. The fourth-order valence-electron chi connectivity index (χ4n) is 3.00. The Hall–Kier alpha value is -1.60. The van der Waals surface area contributed by atoms with Crippen LogP contribution in [0.15, 0.2) is 46.2 Å². The Balaban J connectivity index is -0.000000213. The third kappa shape index (κ3) is 21.8. The van der Waals surface area contributed by atoms with E-state index in [1.165, 1.54) is 12.1 Å².